The summed E-state index contributed by atoms with van der Waals surface area (Å²) in [6.45, 7) is 0. The molecule has 0 radical (unpaired) electrons. The first kappa shape index (κ1) is 25.1. The first-order chi connectivity index (χ1) is 14.4. The molecular weight excluding hydrogens is 502 g/mol. The Morgan fingerprint density at radius 3 is 2.09 bits per heavy atom. The fraction of sp³-hybridized carbons (Fsp3) is 0.857. The number of hydrogen-bond acceptors (Lipinski definition) is 8. The fourth-order valence-electron chi connectivity index (χ4n) is 4.12. The molecule has 1 N–H and O–H groups in total. The van der Waals surface area contributed by atoms with Gasteiger partial charge in [0.2, 0.25) is 0 Å². The normalized spacial score (nSPS) is 32.1. The van der Waals surface area contributed by atoms with Crippen molar-refractivity contribution in [3.05, 3.63) is 0 Å². The summed E-state index contributed by atoms with van der Waals surface area (Å²) >= 11 is -1.84. The molecule has 2 saturated carbocycles. The van der Waals surface area contributed by atoms with Crippen LogP contribution in [0.3, 0.4) is 0 Å². The SMILES string of the molecule is O=C1OC2C3CC(CC13)C2OC(=O)C(F)(SOOO)C(F)(F)C(F)(F)C(F)(F)C(F)(F)F. The second kappa shape index (κ2) is 7.49. The van der Waals surface area contributed by atoms with Crippen LogP contribution in [0.25, 0.3) is 0 Å². The Morgan fingerprint density at radius 1 is 0.969 bits per heavy atom. The number of hydrogen-bond donors (Lipinski definition) is 1. The van der Waals surface area contributed by atoms with Crippen LogP contribution >= 0.6 is 12.0 Å². The first-order valence-corrected chi connectivity index (χ1v) is 9.14. The zero-order valence-corrected chi connectivity index (χ0v) is 15.7. The minimum Gasteiger partial charge on any atom is -0.458 e. The molecule has 1 saturated heterocycles. The quantitative estimate of drug-likeness (QED) is 0.173. The number of fused-ring (bicyclic) bond motifs is 1. The zero-order valence-electron chi connectivity index (χ0n) is 14.9. The van der Waals surface area contributed by atoms with E-state index in [1.165, 1.54) is 0 Å². The van der Waals surface area contributed by atoms with Gasteiger partial charge in [0, 0.05) is 11.8 Å². The molecule has 7 nitrogen and oxygen atoms in total. The number of carbonyl (C=O) groups is 2. The van der Waals surface area contributed by atoms with Crippen LogP contribution in [0.15, 0.2) is 0 Å². The van der Waals surface area contributed by atoms with E-state index in [1.807, 2.05) is 0 Å². The van der Waals surface area contributed by atoms with Gasteiger partial charge in [-0.05, 0) is 12.8 Å². The van der Waals surface area contributed by atoms with Crippen LogP contribution < -0.4 is 0 Å². The predicted molar refractivity (Wildman–Crippen MR) is 76.6 cm³/mol. The highest BCUT2D eigenvalue weighted by Gasteiger charge is 2.89. The van der Waals surface area contributed by atoms with E-state index in [9.17, 15) is 53.5 Å². The maximum atomic E-state index is 14.9. The Bertz CT molecular complexity index is 792. The van der Waals surface area contributed by atoms with Gasteiger partial charge in [0.25, 0.3) is 0 Å². The lowest BCUT2D eigenvalue weighted by molar-refractivity contribution is -0.435. The molecule has 18 heteroatoms. The van der Waals surface area contributed by atoms with Crippen LogP contribution in [-0.4, -0.2) is 58.3 Å². The molecule has 3 aliphatic rings. The molecule has 1 heterocycles. The highest BCUT2D eigenvalue weighted by molar-refractivity contribution is 7.96. The van der Waals surface area contributed by atoms with Gasteiger partial charge in [0.1, 0.15) is 12.2 Å². The van der Waals surface area contributed by atoms with E-state index < -0.39 is 82.9 Å². The highest BCUT2D eigenvalue weighted by atomic mass is 32.2. The lowest BCUT2D eigenvalue weighted by Gasteiger charge is -2.39. The predicted octanol–water partition coefficient (Wildman–Crippen LogP) is 3.68. The standard InChI is InChI=1S/C14H10F10O7S/c15-10(32-31-30-27,11(16,17)12(18,19)13(20,21)14(22,23)24)9(26)29-6-3-1-4-5(2-3)8(25)28-7(4)6/h3-7,27H,1-2H2. The summed E-state index contributed by atoms with van der Waals surface area (Å²) in [5, 5.41) is 4.87. The summed E-state index contributed by atoms with van der Waals surface area (Å²) in [6.07, 6.45) is -10.1. The van der Waals surface area contributed by atoms with Gasteiger partial charge in [-0.15, -0.1) is 4.33 Å². The third-order valence-corrected chi connectivity index (χ3v) is 6.43. The maximum Gasteiger partial charge on any atom is 0.460 e. The van der Waals surface area contributed by atoms with E-state index in [4.69, 9.17) is 9.99 Å². The van der Waals surface area contributed by atoms with Crippen LogP contribution in [0, 0.1) is 17.8 Å². The van der Waals surface area contributed by atoms with E-state index in [0.717, 1.165) is 0 Å². The maximum absolute atomic E-state index is 14.9. The van der Waals surface area contributed by atoms with E-state index in [0.29, 0.717) is 0 Å². The summed E-state index contributed by atoms with van der Waals surface area (Å²) in [6, 6.07) is 0. The Labute approximate surface area is 174 Å². The summed E-state index contributed by atoms with van der Waals surface area (Å²) in [7, 11) is 0. The average molecular weight is 512 g/mol. The van der Waals surface area contributed by atoms with E-state index >= 15 is 0 Å². The van der Waals surface area contributed by atoms with Gasteiger partial charge in [-0.3, -0.25) is 4.79 Å². The van der Waals surface area contributed by atoms with Crippen LogP contribution in [-0.2, 0) is 28.4 Å². The summed E-state index contributed by atoms with van der Waals surface area (Å²) < 4.78 is 146. The van der Waals surface area contributed by atoms with Gasteiger partial charge in [0.15, 0.2) is 0 Å². The number of rotatable bonds is 8. The number of carbonyl (C=O) groups excluding carboxylic acids is 2. The topological polar surface area (TPSA) is 91.3 Å². The Hall–Kier alpha value is -1.53. The summed E-state index contributed by atoms with van der Waals surface area (Å²) in [5.41, 5.74) is 0. The molecule has 184 valence electrons. The third kappa shape index (κ3) is 3.24. The van der Waals surface area contributed by atoms with E-state index in [-0.39, 0.29) is 12.8 Å². The van der Waals surface area contributed by atoms with Crippen molar-refractivity contribution >= 4 is 24.0 Å². The van der Waals surface area contributed by atoms with Gasteiger partial charge in [0.05, 0.1) is 18.0 Å². The van der Waals surface area contributed by atoms with E-state index in [1.54, 1.807) is 0 Å². The Morgan fingerprint density at radius 2 is 1.56 bits per heavy atom. The Balaban J connectivity index is 1.93. The summed E-state index contributed by atoms with van der Waals surface area (Å²) in [5.74, 6) is -28.0. The number of halogens is 10. The highest BCUT2D eigenvalue weighted by Crippen LogP contribution is 2.61. The molecule has 3 fully saturated rings. The molecule has 1 aliphatic heterocycles. The van der Waals surface area contributed by atoms with Gasteiger partial charge in [-0.1, -0.05) is 5.04 Å². The zero-order chi connectivity index (χ0) is 24.5. The van der Waals surface area contributed by atoms with Crippen LogP contribution in [0.4, 0.5) is 43.9 Å². The second-order valence-electron chi connectivity index (χ2n) is 7.32. The van der Waals surface area contributed by atoms with E-state index in [2.05, 4.69) is 14.1 Å². The average Bonchev–Trinajstić information content (AvgIpc) is 3.29. The van der Waals surface area contributed by atoms with Crippen molar-refractivity contribution in [2.24, 2.45) is 17.8 Å². The molecule has 0 amide bonds. The molecule has 0 aromatic rings. The van der Waals surface area contributed by atoms with Gasteiger partial charge >= 0.3 is 40.9 Å². The third-order valence-electron chi connectivity index (χ3n) is 5.65. The molecule has 2 bridgehead atoms. The smallest absolute Gasteiger partial charge is 0.458 e. The van der Waals surface area contributed by atoms with Crippen molar-refractivity contribution in [1.29, 1.82) is 0 Å². The van der Waals surface area contributed by atoms with Crippen molar-refractivity contribution in [2.75, 3.05) is 0 Å². The van der Waals surface area contributed by atoms with Gasteiger partial charge in [-0.25, -0.2) is 14.4 Å². The number of alkyl halides is 10. The monoisotopic (exact) mass is 512 g/mol. The fourth-order valence-corrected chi connectivity index (χ4v) is 4.59. The van der Waals surface area contributed by atoms with Crippen molar-refractivity contribution in [3.63, 3.8) is 0 Å². The number of esters is 2. The van der Waals surface area contributed by atoms with Crippen LogP contribution in [0.2, 0.25) is 0 Å². The molecular formula is C14H10F10O7S. The van der Waals surface area contributed by atoms with Gasteiger partial charge < -0.3 is 9.47 Å². The molecule has 0 aromatic carbocycles. The molecule has 6 unspecified atom stereocenters. The minimum atomic E-state index is -7.56. The molecule has 2 aliphatic carbocycles. The Kier molecular flexibility index (Phi) is 5.88. The molecule has 3 rings (SSSR count). The second-order valence-corrected chi connectivity index (χ2v) is 8.18. The molecule has 32 heavy (non-hydrogen) atoms. The van der Waals surface area contributed by atoms with Crippen molar-refractivity contribution in [3.8, 4) is 0 Å². The van der Waals surface area contributed by atoms with Gasteiger partial charge in [-0.2, -0.15) is 39.5 Å². The lowest BCUT2D eigenvalue weighted by Crippen LogP contribution is -2.68. The summed E-state index contributed by atoms with van der Waals surface area (Å²) in [4.78, 5) is 23.8. The van der Waals surface area contributed by atoms with Crippen molar-refractivity contribution < 1.29 is 77.6 Å². The van der Waals surface area contributed by atoms with Crippen LogP contribution in [0.5, 0.6) is 0 Å². The minimum absolute atomic E-state index is 0.0146. The molecule has 0 aromatic heterocycles. The first-order valence-electron chi connectivity index (χ1n) is 8.40. The largest absolute Gasteiger partial charge is 0.460 e. The molecule has 6 atom stereocenters. The molecule has 0 spiro atoms. The van der Waals surface area contributed by atoms with Crippen molar-refractivity contribution in [2.45, 2.75) is 54.0 Å². The van der Waals surface area contributed by atoms with Crippen molar-refractivity contribution in [1.82, 2.24) is 0 Å². The number of ether oxygens (including phenoxy) is 2. The van der Waals surface area contributed by atoms with Crippen LogP contribution in [0.1, 0.15) is 12.8 Å². The lowest BCUT2D eigenvalue weighted by atomic mass is 9.88.